The molecule has 28 heavy (non-hydrogen) atoms. The molecule has 1 aliphatic rings. The SMILES string of the molecule is COc1ccc([C@@H](CNCc2cnc(C(C)(C)C)nc2)N2CCOCC2)cc1. The van der Waals surface area contributed by atoms with Gasteiger partial charge in [-0.05, 0) is 17.7 Å². The molecule has 1 aliphatic heterocycles. The van der Waals surface area contributed by atoms with Gasteiger partial charge in [0.2, 0.25) is 0 Å². The van der Waals surface area contributed by atoms with Crippen LogP contribution in [0.15, 0.2) is 36.7 Å². The minimum atomic E-state index is -0.0260. The van der Waals surface area contributed by atoms with E-state index in [9.17, 15) is 0 Å². The van der Waals surface area contributed by atoms with Crippen molar-refractivity contribution in [1.82, 2.24) is 20.2 Å². The number of morpholine rings is 1. The quantitative estimate of drug-likeness (QED) is 0.792. The Morgan fingerprint density at radius 1 is 1.11 bits per heavy atom. The number of aromatic nitrogens is 2. The first kappa shape index (κ1) is 20.7. The number of hydrogen-bond donors (Lipinski definition) is 1. The molecule has 6 nitrogen and oxygen atoms in total. The standard InChI is InChI=1S/C22H32N4O2/c1-22(2,3)21-24-14-17(15-25-21)13-23-16-20(26-9-11-28-12-10-26)18-5-7-19(27-4)8-6-18/h5-8,14-15,20,23H,9-13,16H2,1-4H3/t20-/m1/s1. The van der Waals surface area contributed by atoms with Crippen molar-refractivity contribution < 1.29 is 9.47 Å². The van der Waals surface area contributed by atoms with E-state index in [-0.39, 0.29) is 5.41 Å². The van der Waals surface area contributed by atoms with Crippen molar-refractivity contribution in [3.63, 3.8) is 0 Å². The Morgan fingerprint density at radius 3 is 2.32 bits per heavy atom. The van der Waals surface area contributed by atoms with Gasteiger partial charge < -0.3 is 14.8 Å². The van der Waals surface area contributed by atoms with Gasteiger partial charge in [0.1, 0.15) is 11.6 Å². The van der Waals surface area contributed by atoms with Crippen LogP contribution in [0, 0.1) is 0 Å². The third kappa shape index (κ3) is 5.50. The zero-order valence-corrected chi connectivity index (χ0v) is 17.4. The molecule has 0 amide bonds. The number of rotatable bonds is 7. The molecule has 0 radical (unpaired) electrons. The van der Waals surface area contributed by atoms with Gasteiger partial charge in [-0.1, -0.05) is 32.9 Å². The number of ether oxygens (including phenoxy) is 2. The molecule has 0 spiro atoms. The summed E-state index contributed by atoms with van der Waals surface area (Å²) < 4.78 is 10.8. The van der Waals surface area contributed by atoms with Gasteiger partial charge in [0.25, 0.3) is 0 Å². The van der Waals surface area contributed by atoms with Gasteiger partial charge in [-0.3, -0.25) is 4.90 Å². The van der Waals surface area contributed by atoms with Crippen molar-refractivity contribution in [2.75, 3.05) is 40.0 Å². The first-order valence-corrected chi connectivity index (χ1v) is 9.95. The Kier molecular flexibility index (Phi) is 6.99. The monoisotopic (exact) mass is 384 g/mol. The molecule has 1 aromatic heterocycles. The number of hydrogen-bond acceptors (Lipinski definition) is 6. The lowest BCUT2D eigenvalue weighted by Gasteiger charge is -2.35. The Hall–Kier alpha value is -2.02. The van der Waals surface area contributed by atoms with Crippen molar-refractivity contribution in [3.8, 4) is 5.75 Å². The molecular formula is C22H32N4O2. The number of nitrogens with one attached hydrogen (secondary N) is 1. The fourth-order valence-electron chi connectivity index (χ4n) is 3.36. The normalized spacial score (nSPS) is 16.7. The van der Waals surface area contributed by atoms with Crippen molar-refractivity contribution in [1.29, 1.82) is 0 Å². The van der Waals surface area contributed by atoms with Gasteiger partial charge in [-0.15, -0.1) is 0 Å². The molecule has 1 saturated heterocycles. The lowest BCUT2D eigenvalue weighted by atomic mass is 9.96. The van der Waals surface area contributed by atoms with E-state index in [0.29, 0.717) is 6.04 Å². The second-order valence-corrected chi connectivity index (χ2v) is 8.23. The van der Waals surface area contributed by atoms with Crippen LogP contribution in [0.25, 0.3) is 0 Å². The molecule has 0 aliphatic carbocycles. The molecular weight excluding hydrogens is 352 g/mol. The van der Waals surface area contributed by atoms with Crippen LogP contribution in [0.1, 0.15) is 43.8 Å². The highest BCUT2D eigenvalue weighted by Gasteiger charge is 2.22. The summed E-state index contributed by atoms with van der Waals surface area (Å²) in [7, 11) is 1.70. The molecule has 1 N–H and O–H groups in total. The molecule has 2 heterocycles. The molecule has 152 valence electrons. The Balaban J connectivity index is 1.64. The summed E-state index contributed by atoms with van der Waals surface area (Å²) in [5.41, 5.74) is 2.36. The van der Waals surface area contributed by atoms with E-state index in [1.807, 2.05) is 24.5 Å². The van der Waals surface area contributed by atoms with Crippen LogP contribution in [0.5, 0.6) is 5.75 Å². The largest absolute Gasteiger partial charge is 0.497 e. The molecule has 1 fully saturated rings. The lowest BCUT2D eigenvalue weighted by Crippen LogP contribution is -2.42. The topological polar surface area (TPSA) is 59.5 Å². The molecule has 2 aromatic rings. The average Bonchev–Trinajstić information content (AvgIpc) is 2.72. The van der Waals surface area contributed by atoms with Gasteiger partial charge >= 0.3 is 0 Å². The van der Waals surface area contributed by atoms with Crippen LogP contribution in [0.2, 0.25) is 0 Å². The highest BCUT2D eigenvalue weighted by atomic mass is 16.5. The van der Waals surface area contributed by atoms with E-state index in [4.69, 9.17) is 9.47 Å². The third-order valence-corrected chi connectivity index (χ3v) is 5.03. The van der Waals surface area contributed by atoms with Gasteiger partial charge in [0, 0.05) is 55.6 Å². The maximum atomic E-state index is 5.54. The summed E-state index contributed by atoms with van der Waals surface area (Å²) in [6.45, 7) is 11.5. The molecule has 3 rings (SSSR count). The van der Waals surface area contributed by atoms with E-state index in [1.165, 1.54) is 5.56 Å². The van der Waals surface area contributed by atoms with Crippen molar-refractivity contribution >= 4 is 0 Å². The fourth-order valence-corrected chi connectivity index (χ4v) is 3.36. The number of methoxy groups -OCH3 is 1. The average molecular weight is 385 g/mol. The highest BCUT2D eigenvalue weighted by molar-refractivity contribution is 5.29. The molecule has 6 heteroatoms. The van der Waals surface area contributed by atoms with Crippen LogP contribution in [0.4, 0.5) is 0 Å². The summed E-state index contributed by atoms with van der Waals surface area (Å²) in [6.07, 6.45) is 3.86. The smallest absolute Gasteiger partial charge is 0.133 e. The first-order valence-electron chi connectivity index (χ1n) is 9.95. The van der Waals surface area contributed by atoms with Crippen LogP contribution >= 0.6 is 0 Å². The van der Waals surface area contributed by atoms with E-state index in [1.54, 1.807) is 7.11 Å². The van der Waals surface area contributed by atoms with Crippen molar-refractivity contribution in [2.45, 2.75) is 38.8 Å². The van der Waals surface area contributed by atoms with Gasteiger partial charge in [0.05, 0.1) is 20.3 Å². The minimum Gasteiger partial charge on any atom is -0.497 e. The van der Waals surface area contributed by atoms with Crippen molar-refractivity contribution in [3.05, 3.63) is 53.6 Å². The Morgan fingerprint density at radius 2 is 1.75 bits per heavy atom. The third-order valence-electron chi connectivity index (χ3n) is 5.03. The van der Waals surface area contributed by atoms with Crippen LogP contribution in [0.3, 0.4) is 0 Å². The van der Waals surface area contributed by atoms with Crippen LogP contribution < -0.4 is 10.1 Å². The molecule has 1 atom stereocenters. The zero-order valence-electron chi connectivity index (χ0n) is 17.4. The van der Waals surface area contributed by atoms with Gasteiger partial charge in [0.15, 0.2) is 0 Å². The molecule has 1 aromatic carbocycles. The van der Waals surface area contributed by atoms with Crippen molar-refractivity contribution in [2.24, 2.45) is 0 Å². The van der Waals surface area contributed by atoms with Crippen LogP contribution in [-0.2, 0) is 16.7 Å². The highest BCUT2D eigenvalue weighted by Crippen LogP contribution is 2.24. The maximum Gasteiger partial charge on any atom is 0.133 e. The minimum absolute atomic E-state index is 0.0260. The first-order chi connectivity index (χ1) is 13.5. The number of benzene rings is 1. The summed E-state index contributed by atoms with van der Waals surface area (Å²) in [6, 6.07) is 8.66. The predicted octanol–water partition coefficient (Wildman–Crippen LogP) is 2.95. The van der Waals surface area contributed by atoms with E-state index < -0.39 is 0 Å². The second-order valence-electron chi connectivity index (χ2n) is 8.23. The fraction of sp³-hybridized carbons (Fsp3) is 0.545. The van der Waals surface area contributed by atoms with E-state index in [2.05, 4.69) is 53.1 Å². The zero-order chi connectivity index (χ0) is 20.0. The Labute approximate surface area is 168 Å². The maximum absolute atomic E-state index is 5.54. The second kappa shape index (κ2) is 9.45. The van der Waals surface area contributed by atoms with Crippen LogP contribution in [-0.4, -0.2) is 54.8 Å². The number of nitrogens with zero attached hydrogens (tertiary/aromatic N) is 3. The van der Waals surface area contributed by atoms with Gasteiger partial charge in [-0.25, -0.2) is 9.97 Å². The summed E-state index contributed by atoms with van der Waals surface area (Å²) >= 11 is 0. The molecule has 0 saturated carbocycles. The van der Waals surface area contributed by atoms with E-state index >= 15 is 0 Å². The Bertz CT molecular complexity index is 720. The summed E-state index contributed by atoms with van der Waals surface area (Å²) in [5, 5.41) is 3.59. The summed E-state index contributed by atoms with van der Waals surface area (Å²) in [5.74, 6) is 1.76. The van der Waals surface area contributed by atoms with Gasteiger partial charge in [-0.2, -0.15) is 0 Å². The summed E-state index contributed by atoms with van der Waals surface area (Å²) in [4.78, 5) is 11.5. The van der Waals surface area contributed by atoms with E-state index in [0.717, 1.165) is 56.5 Å². The molecule has 0 bridgehead atoms. The predicted molar refractivity (Wildman–Crippen MR) is 111 cm³/mol. The lowest BCUT2D eigenvalue weighted by molar-refractivity contribution is 0.0161. The molecule has 0 unspecified atom stereocenters.